The minimum Gasteiger partial charge on any atom is -0.436 e. The summed E-state index contributed by atoms with van der Waals surface area (Å²) in [6.45, 7) is 0. The maximum atomic E-state index is 5.94. The summed E-state index contributed by atoms with van der Waals surface area (Å²) < 4.78 is 5.94. The summed E-state index contributed by atoms with van der Waals surface area (Å²) in [5.41, 5.74) is 5.05. The van der Waals surface area contributed by atoms with Crippen LogP contribution in [-0.4, -0.2) is 4.98 Å². The van der Waals surface area contributed by atoms with Gasteiger partial charge in [-0.25, -0.2) is 4.98 Å². The lowest BCUT2D eigenvalue weighted by atomic mass is 9.92. The molecule has 33 heavy (non-hydrogen) atoms. The van der Waals surface area contributed by atoms with E-state index in [1.165, 1.54) is 43.4 Å². The smallest absolute Gasteiger partial charge is 0.227 e. The van der Waals surface area contributed by atoms with E-state index in [4.69, 9.17) is 4.42 Å². The fourth-order valence-electron chi connectivity index (χ4n) is 4.89. The van der Waals surface area contributed by atoms with Gasteiger partial charge >= 0.3 is 0 Å². The number of aromatic nitrogens is 1. The molecule has 7 rings (SSSR count). The molecule has 0 N–H and O–H groups in total. The molecule has 0 unspecified atom stereocenters. The molecule has 0 bridgehead atoms. The number of nitrogens with zero attached hydrogens (tertiary/aromatic N) is 1. The van der Waals surface area contributed by atoms with Gasteiger partial charge in [0, 0.05) is 5.56 Å². The lowest BCUT2D eigenvalue weighted by molar-refractivity contribution is 0.620. The van der Waals surface area contributed by atoms with E-state index < -0.39 is 0 Å². The Kier molecular flexibility index (Phi) is 3.88. The third-order valence-electron chi connectivity index (χ3n) is 6.50. The number of benzene rings is 6. The molecule has 6 aromatic carbocycles. The lowest BCUT2D eigenvalue weighted by Crippen LogP contribution is -1.85. The lowest BCUT2D eigenvalue weighted by Gasteiger charge is -2.12. The van der Waals surface area contributed by atoms with E-state index in [1.807, 2.05) is 24.3 Å². The van der Waals surface area contributed by atoms with E-state index in [1.54, 1.807) is 0 Å². The molecule has 0 saturated heterocycles. The molecule has 0 aliphatic rings. The fraction of sp³-hybridized carbons (Fsp3) is 0. The van der Waals surface area contributed by atoms with Gasteiger partial charge in [0.25, 0.3) is 0 Å². The van der Waals surface area contributed by atoms with Crippen LogP contribution in [0, 0.1) is 0 Å². The Bertz CT molecular complexity index is 1740. The molecule has 1 aromatic heterocycles. The molecule has 1 heterocycles. The van der Waals surface area contributed by atoms with E-state index in [0.717, 1.165) is 16.7 Å². The maximum absolute atomic E-state index is 5.94. The quantitative estimate of drug-likeness (QED) is 0.261. The Morgan fingerprint density at radius 1 is 0.424 bits per heavy atom. The molecular formula is C31H19NO. The van der Waals surface area contributed by atoms with Crippen LogP contribution in [0.15, 0.2) is 120 Å². The zero-order chi connectivity index (χ0) is 21.8. The van der Waals surface area contributed by atoms with Crippen molar-refractivity contribution in [3.8, 4) is 22.6 Å². The van der Waals surface area contributed by atoms with Crippen LogP contribution < -0.4 is 0 Å². The summed E-state index contributed by atoms with van der Waals surface area (Å²) in [5, 5.41) is 7.75. The van der Waals surface area contributed by atoms with Gasteiger partial charge in [-0.15, -0.1) is 0 Å². The van der Waals surface area contributed by atoms with Crippen molar-refractivity contribution in [2.24, 2.45) is 0 Å². The van der Waals surface area contributed by atoms with Crippen molar-refractivity contribution in [3.05, 3.63) is 115 Å². The van der Waals surface area contributed by atoms with Gasteiger partial charge in [0.15, 0.2) is 5.58 Å². The molecule has 0 radical (unpaired) electrons. The van der Waals surface area contributed by atoms with E-state index in [9.17, 15) is 0 Å². The minimum absolute atomic E-state index is 0.652. The van der Waals surface area contributed by atoms with Crippen molar-refractivity contribution in [2.45, 2.75) is 0 Å². The number of hydrogen-bond donors (Lipinski definition) is 0. The minimum atomic E-state index is 0.652. The third-order valence-corrected chi connectivity index (χ3v) is 6.50. The second kappa shape index (κ2) is 7.04. The topological polar surface area (TPSA) is 26.0 Å². The van der Waals surface area contributed by atoms with Crippen LogP contribution in [0.1, 0.15) is 0 Å². The predicted molar refractivity (Wildman–Crippen MR) is 137 cm³/mol. The van der Waals surface area contributed by atoms with Crippen LogP contribution in [0.3, 0.4) is 0 Å². The first-order chi connectivity index (χ1) is 16.3. The van der Waals surface area contributed by atoms with Crippen LogP contribution in [0.2, 0.25) is 0 Å². The van der Waals surface area contributed by atoms with Crippen molar-refractivity contribution < 1.29 is 4.42 Å². The van der Waals surface area contributed by atoms with Gasteiger partial charge in [0.2, 0.25) is 5.89 Å². The van der Waals surface area contributed by atoms with E-state index in [2.05, 4.69) is 96.0 Å². The highest BCUT2D eigenvalue weighted by molar-refractivity contribution is 6.25. The Hall–Kier alpha value is -4.43. The summed E-state index contributed by atoms with van der Waals surface area (Å²) in [4.78, 5) is 4.62. The summed E-state index contributed by atoms with van der Waals surface area (Å²) in [6, 6.07) is 40.5. The van der Waals surface area contributed by atoms with Crippen LogP contribution in [0.25, 0.3) is 66.0 Å². The van der Waals surface area contributed by atoms with Crippen molar-refractivity contribution in [1.29, 1.82) is 0 Å². The van der Waals surface area contributed by atoms with Gasteiger partial charge in [-0.05, 0) is 73.8 Å². The van der Waals surface area contributed by atoms with Crippen molar-refractivity contribution in [3.63, 3.8) is 0 Å². The fourth-order valence-corrected chi connectivity index (χ4v) is 4.89. The van der Waals surface area contributed by atoms with Crippen molar-refractivity contribution in [1.82, 2.24) is 4.98 Å². The van der Waals surface area contributed by atoms with E-state index in [0.29, 0.717) is 5.89 Å². The Balaban J connectivity index is 1.37. The zero-order valence-corrected chi connectivity index (χ0v) is 17.8. The Labute approximate surface area is 190 Å². The largest absolute Gasteiger partial charge is 0.436 e. The van der Waals surface area contributed by atoms with Gasteiger partial charge in [0.05, 0.1) is 0 Å². The zero-order valence-electron chi connectivity index (χ0n) is 17.8. The Morgan fingerprint density at radius 2 is 0.939 bits per heavy atom. The normalized spacial score (nSPS) is 11.6. The second-order valence-electron chi connectivity index (χ2n) is 8.42. The number of rotatable bonds is 2. The first kappa shape index (κ1) is 18.2. The second-order valence-corrected chi connectivity index (χ2v) is 8.42. The van der Waals surface area contributed by atoms with Gasteiger partial charge in [-0.2, -0.15) is 0 Å². The first-order valence-corrected chi connectivity index (χ1v) is 11.1. The monoisotopic (exact) mass is 421 g/mol. The van der Waals surface area contributed by atoms with Crippen molar-refractivity contribution >= 4 is 43.4 Å². The third kappa shape index (κ3) is 2.85. The summed E-state index contributed by atoms with van der Waals surface area (Å²) >= 11 is 0. The van der Waals surface area contributed by atoms with Gasteiger partial charge in [-0.1, -0.05) is 84.9 Å². The molecular weight excluding hydrogens is 402 g/mol. The molecule has 7 aromatic rings. The summed E-state index contributed by atoms with van der Waals surface area (Å²) in [5.74, 6) is 0.652. The highest BCUT2D eigenvalue weighted by Crippen LogP contribution is 2.37. The number of para-hydroxylation sites is 2. The molecule has 0 aliphatic heterocycles. The molecule has 0 saturated carbocycles. The molecule has 0 fully saturated rings. The number of oxazole rings is 1. The van der Waals surface area contributed by atoms with E-state index >= 15 is 0 Å². The van der Waals surface area contributed by atoms with Gasteiger partial charge in [-0.3, -0.25) is 0 Å². The number of hydrogen-bond acceptors (Lipinski definition) is 2. The highest BCUT2D eigenvalue weighted by atomic mass is 16.3. The highest BCUT2D eigenvalue weighted by Gasteiger charge is 2.11. The number of fused-ring (bicyclic) bond motifs is 7. The average Bonchev–Trinajstić information content (AvgIpc) is 3.33. The SMILES string of the molecule is c1ccc2oc(-c3ccc(-c4ccc5c6ccccc6c6ccccc6c5c4)cc3)nc2c1. The molecule has 2 nitrogen and oxygen atoms in total. The van der Waals surface area contributed by atoms with Gasteiger partial charge < -0.3 is 4.42 Å². The summed E-state index contributed by atoms with van der Waals surface area (Å²) in [6.07, 6.45) is 0. The van der Waals surface area contributed by atoms with Crippen LogP contribution >= 0.6 is 0 Å². The molecule has 0 atom stereocenters. The molecule has 2 heteroatoms. The standard InChI is InChI=1S/C31H19NO/c1-2-9-25-23(7-1)24-8-3-4-10-26(24)28-19-22(17-18-27(25)28)20-13-15-21(16-14-20)31-32-29-11-5-6-12-30(29)33-31/h1-19H. The van der Waals surface area contributed by atoms with Crippen LogP contribution in [-0.2, 0) is 0 Å². The summed E-state index contributed by atoms with van der Waals surface area (Å²) in [7, 11) is 0. The first-order valence-electron chi connectivity index (χ1n) is 11.1. The van der Waals surface area contributed by atoms with Crippen LogP contribution in [0.5, 0.6) is 0 Å². The molecule has 0 spiro atoms. The van der Waals surface area contributed by atoms with Crippen LogP contribution in [0.4, 0.5) is 0 Å². The van der Waals surface area contributed by atoms with Crippen molar-refractivity contribution in [2.75, 3.05) is 0 Å². The predicted octanol–water partition coefficient (Wildman–Crippen LogP) is 8.62. The maximum Gasteiger partial charge on any atom is 0.227 e. The molecule has 0 aliphatic carbocycles. The van der Waals surface area contributed by atoms with E-state index in [-0.39, 0.29) is 0 Å². The Morgan fingerprint density at radius 3 is 1.61 bits per heavy atom. The average molecular weight is 421 g/mol. The van der Waals surface area contributed by atoms with Gasteiger partial charge in [0.1, 0.15) is 5.52 Å². The molecule has 154 valence electrons. The molecule has 0 amide bonds.